The summed E-state index contributed by atoms with van der Waals surface area (Å²) in [5, 5.41) is 0. The standard InChI is InChI=1S/C9H12N2/c1-8(5-6-10)9-4-2-3-7-11-9/h2-5,7H,6,10H2,1H3/b8-5-. The Labute approximate surface area is 66.8 Å². The molecule has 0 saturated carbocycles. The lowest BCUT2D eigenvalue weighted by atomic mass is 10.2. The molecule has 0 bridgehead atoms. The molecule has 0 atom stereocenters. The Bertz CT molecular complexity index is 239. The van der Waals surface area contributed by atoms with E-state index < -0.39 is 0 Å². The van der Waals surface area contributed by atoms with Crippen LogP contribution in [-0.4, -0.2) is 11.5 Å². The second-order valence-corrected chi connectivity index (χ2v) is 2.34. The first-order chi connectivity index (χ1) is 5.34. The minimum absolute atomic E-state index is 0.572. The largest absolute Gasteiger partial charge is 0.327 e. The van der Waals surface area contributed by atoms with E-state index in [1.807, 2.05) is 31.2 Å². The average Bonchev–Trinajstić information content (AvgIpc) is 2.07. The third-order valence-electron chi connectivity index (χ3n) is 1.49. The van der Waals surface area contributed by atoms with Crippen LogP contribution in [0.4, 0.5) is 0 Å². The predicted octanol–water partition coefficient (Wildman–Crippen LogP) is 1.44. The molecule has 0 aliphatic heterocycles. The van der Waals surface area contributed by atoms with E-state index in [2.05, 4.69) is 4.98 Å². The van der Waals surface area contributed by atoms with Crippen molar-refractivity contribution in [1.82, 2.24) is 4.98 Å². The summed E-state index contributed by atoms with van der Waals surface area (Å²) >= 11 is 0. The molecule has 1 heterocycles. The molecule has 0 aromatic carbocycles. The van der Waals surface area contributed by atoms with Crippen molar-refractivity contribution in [3.05, 3.63) is 36.2 Å². The van der Waals surface area contributed by atoms with E-state index in [1.165, 1.54) is 0 Å². The first-order valence-electron chi connectivity index (χ1n) is 3.63. The highest BCUT2D eigenvalue weighted by Gasteiger charge is 1.92. The lowest BCUT2D eigenvalue weighted by Crippen LogP contribution is -1.95. The smallest absolute Gasteiger partial charge is 0.0656 e. The lowest BCUT2D eigenvalue weighted by Gasteiger charge is -1.97. The molecule has 0 saturated heterocycles. The van der Waals surface area contributed by atoms with Crippen molar-refractivity contribution in [2.75, 3.05) is 6.54 Å². The van der Waals surface area contributed by atoms with Crippen LogP contribution in [0, 0.1) is 0 Å². The summed E-state index contributed by atoms with van der Waals surface area (Å²) in [7, 11) is 0. The minimum atomic E-state index is 0.572. The van der Waals surface area contributed by atoms with E-state index in [4.69, 9.17) is 5.73 Å². The van der Waals surface area contributed by atoms with Gasteiger partial charge in [-0.1, -0.05) is 12.1 Å². The van der Waals surface area contributed by atoms with Crippen molar-refractivity contribution >= 4 is 5.57 Å². The molecule has 0 amide bonds. The number of hydrogen-bond donors (Lipinski definition) is 1. The molecule has 0 aliphatic rings. The highest BCUT2D eigenvalue weighted by Crippen LogP contribution is 2.07. The van der Waals surface area contributed by atoms with Gasteiger partial charge in [-0.3, -0.25) is 4.98 Å². The Kier molecular flexibility index (Phi) is 2.81. The van der Waals surface area contributed by atoms with E-state index in [1.54, 1.807) is 6.20 Å². The Morgan fingerprint density at radius 2 is 2.45 bits per heavy atom. The number of rotatable bonds is 2. The van der Waals surface area contributed by atoms with E-state index in [9.17, 15) is 0 Å². The third kappa shape index (κ3) is 2.16. The fourth-order valence-electron chi connectivity index (χ4n) is 0.877. The topological polar surface area (TPSA) is 38.9 Å². The maximum atomic E-state index is 5.36. The summed E-state index contributed by atoms with van der Waals surface area (Å²) in [4.78, 5) is 4.17. The van der Waals surface area contributed by atoms with Gasteiger partial charge in [-0.2, -0.15) is 0 Å². The first kappa shape index (κ1) is 7.95. The zero-order valence-corrected chi connectivity index (χ0v) is 6.62. The van der Waals surface area contributed by atoms with E-state index in [0.29, 0.717) is 6.54 Å². The summed E-state index contributed by atoms with van der Waals surface area (Å²) in [6.45, 7) is 2.58. The van der Waals surface area contributed by atoms with E-state index >= 15 is 0 Å². The minimum Gasteiger partial charge on any atom is -0.327 e. The van der Waals surface area contributed by atoms with Crippen molar-refractivity contribution in [1.29, 1.82) is 0 Å². The monoisotopic (exact) mass is 148 g/mol. The van der Waals surface area contributed by atoms with Crippen LogP contribution in [0.15, 0.2) is 30.5 Å². The number of pyridine rings is 1. The molecule has 0 aliphatic carbocycles. The Balaban J connectivity index is 2.85. The maximum Gasteiger partial charge on any atom is 0.0656 e. The van der Waals surface area contributed by atoms with Crippen LogP contribution in [0.25, 0.3) is 5.57 Å². The molecule has 1 aromatic rings. The van der Waals surface area contributed by atoms with Gasteiger partial charge in [0.1, 0.15) is 0 Å². The molecule has 2 heteroatoms. The average molecular weight is 148 g/mol. The maximum absolute atomic E-state index is 5.36. The highest BCUT2D eigenvalue weighted by atomic mass is 14.7. The van der Waals surface area contributed by atoms with Gasteiger partial charge in [0, 0.05) is 12.7 Å². The van der Waals surface area contributed by atoms with Gasteiger partial charge in [-0.05, 0) is 24.6 Å². The Morgan fingerprint density at radius 3 is 3.00 bits per heavy atom. The molecule has 58 valence electrons. The number of aromatic nitrogens is 1. The molecule has 0 spiro atoms. The SMILES string of the molecule is C/C(=C/CN)c1ccccn1. The molecule has 1 aromatic heterocycles. The fourth-order valence-corrected chi connectivity index (χ4v) is 0.877. The molecule has 2 nitrogen and oxygen atoms in total. The molecule has 0 unspecified atom stereocenters. The van der Waals surface area contributed by atoms with Gasteiger partial charge in [0.05, 0.1) is 5.69 Å². The number of allylic oxidation sites excluding steroid dienone is 1. The molecular weight excluding hydrogens is 136 g/mol. The number of nitrogens with two attached hydrogens (primary N) is 1. The van der Waals surface area contributed by atoms with Gasteiger partial charge in [0.15, 0.2) is 0 Å². The Morgan fingerprint density at radius 1 is 1.64 bits per heavy atom. The van der Waals surface area contributed by atoms with Crippen LogP contribution < -0.4 is 5.73 Å². The van der Waals surface area contributed by atoms with Crippen LogP contribution in [0.5, 0.6) is 0 Å². The fraction of sp³-hybridized carbons (Fsp3) is 0.222. The summed E-state index contributed by atoms with van der Waals surface area (Å²) in [6, 6.07) is 5.84. The number of nitrogens with zero attached hydrogens (tertiary/aromatic N) is 1. The van der Waals surface area contributed by atoms with Gasteiger partial charge in [-0.15, -0.1) is 0 Å². The summed E-state index contributed by atoms with van der Waals surface area (Å²) < 4.78 is 0. The van der Waals surface area contributed by atoms with Crippen LogP contribution >= 0.6 is 0 Å². The van der Waals surface area contributed by atoms with Crippen LogP contribution in [0.3, 0.4) is 0 Å². The molecule has 1 rings (SSSR count). The van der Waals surface area contributed by atoms with Crippen molar-refractivity contribution in [3.63, 3.8) is 0 Å². The second-order valence-electron chi connectivity index (χ2n) is 2.34. The molecule has 2 N–H and O–H groups in total. The van der Waals surface area contributed by atoms with Gasteiger partial charge in [-0.25, -0.2) is 0 Å². The van der Waals surface area contributed by atoms with Crippen molar-refractivity contribution in [2.45, 2.75) is 6.92 Å². The Hall–Kier alpha value is -1.15. The normalized spacial score (nSPS) is 11.6. The molecule has 0 radical (unpaired) electrons. The molecule has 11 heavy (non-hydrogen) atoms. The van der Waals surface area contributed by atoms with Crippen molar-refractivity contribution in [2.24, 2.45) is 5.73 Å². The quantitative estimate of drug-likeness (QED) is 0.689. The van der Waals surface area contributed by atoms with Gasteiger partial charge >= 0.3 is 0 Å². The highest BCUT2D eigenvalue weighted by molar-refractivity contribution is 5.60. The van der Waals surface area contributed by atoms with Crippen molar-refractivity contribution < 1.29 is 0 Å². The zero-order valence-electron chi connectivity index (χ0n) is 6.62. The zero-order chi connectivity index (χ0) is 8.10. The van der Waals surface area contributed by atoms with Gasteiger partial charge < -0.3 is 5.73 Å². The van der Waals surface area contributed by atoms with Gasteiger partial charge in [0.2, 0.25) is 0 Å². The third-order valence-corrected chi connectivity index (χ3v) is 1.49. The predicted molar refractivity (Wildman–Crippen MR) is 46.9 cm³/mol. The summed E-state index contributed by atoms with van der Waals surface area (Å²) in [5.74, 6) is 0. The van der Waals surface area contributed by atoms with E-state index in [0.717, 1.165) is 11.3 Å². The first-order valence-corrected chi connectivity index (χ1v) is 3.63. The summed E-state index contributed by atoms with van der Waals surface area (Å²) in [6.07, 6.45) is 3.74. The van der Waals surface area contributed by atoms with E-state index in [-0.39, 0.29) is 0 Å². The van der Waals surface area contributed by atoms with Gasteiger partial charge in [0.25, 0.3) is 0 Å². The van der Waals surface area contributed by atoms with Crippen molar-refractivity contribution in [3.8, 4) is 0 Å². The molecular formula is C9H12N2. The van der Waals surface area contributed by atoms with Crippen LogP contribution in [-0.2, 0) is 0 Å². The summed E-state index contributed by atoms with van der Waals surface area (Å²) in [5.41, 5.74) is 7.49. The van der Waals surface area contributed by atoms with Crippen LogP contribution in [0.2, 0.25) is 0 Å². The number of hydrogen-bond acceptors (Lipinski definition) is 2. The second kappa shape index (κ2) is 3.88. The lowest BCUT2D eigenvalue weighted by molar-refractivity contribution is 1.22. The molecule has 0 fully saturated rings. The van der Waals surface area contributed by atoms with Crippen LogP contribution in [0.1, 0.15) is 12.6 Å².